The van der Waals surface area contributed by atoms with Gasteiger partial charge in [0.15, 0.2) is 0 Å². The number of hydrogen-bond donors (Lipinski definition) is 3. The number of carbonyl (C=O) groups excluding carboxylic acids is 1. The Labute approximate surface area is 209 Å². The Kier molecular flexibility index (Phi) is 11.1. The van der Waals surface area contributed by atoms with Crippen LogP contribution >= 0.6 is 0 Å². The van der Waals surface area contributed by atoms with Crippen LogP contribution in [0.3, 0.4) is 0 Å². The molecule has 0 saturated heterocycles. The zero-order valence-corrected chi connectivity index (χ0v) is 22.1. The van der Waals surface area contributed by atoms with Crippen molar-refractivity contribution in [3.05, 3.63) is 52.1 Å². The lowest BCUT2D eigenvalue weighted by Gasteiger charge is -2.17. The fourth-order valence-electron chi connectivity index (χ4n) is 4.32. The molecule has 0 bridgehead atoms. The minimum Gasteiger partial charge on any atom is -0.507 e. The summed E-state index contributed by atoms with van der Waals surface area (Å²) in [5.41, 5.74) is 4.24. The Hall–Kier alpha value is -2.57. The maximum absolute atomic E-state index is 12.5. The standard InChI is InChI=1S/C29H42O6/c1-18-15-26(16-19(2)28(18)33)35-29-20(3)13-24(14-21(29)4)17-27(32)34-23(6)10-8-12-25(31)11-7-9-22(5)30/h13-16,22-23,25,30-31,33H,7-12,17H2,1-6H3. The summed E-state index contributed by atoms with van der Waals surface area (Å²) >= 11 is 0. The molecule has 3 N–H and O–H groups in total. The zero-order valence-electron chi connectivity index (χ0n) is 22.1. The van der Waals surface area contributed by atoms with Crippen LogP contribution < -0.4 is 4.74 Å². The summed E-state index contributed by atoms with van der Waals surface area (Å²) in [6.45, 7) is 11.2. The molecule has 35 heavy (non-hydrogen) atoms. The molecule has 2 aromatic carbocycles. The first-order chi connectivity index (χ1) is 16.5. The molecule has 0 fully saturated rings. The van der Waals surface area contributed by atoms with Crippen molar-refractivity contribution in [2.24, 2.45) is 0 Å². The van der Waals surface area contributed by atoms with Crippen molar-refractivity contribution >= 4 is 5.97 Å². The van der Waals surface area contributed by atoms with E-state index >= 15 is 0 Å². The lowest BCUT2D eigenvalue weighted by Crippen LogP contribution is -2.17. The van der Waals surface area contributed by atoms with Gasteiger partial charge < -0.3 is 24.8 Å². The van der Waals surface area contributed by atoms with E-state index in [1.165, 1.54) is 0 Å². The van der Waals surface area contributed by atoms with E-state index in [1.807, 2.05) is 58.9 Å². The largest absolute Gasteiger partial charge is 0.507 e. The van der Waals surface area contributed by atoms with Crippen molar-refractivity contribution in [1.29, 1.82) is 0 Å². The van der Waals surface area contributed by atoms with Crippen LogP contribution in [0.2, 0.25) is 0 Å². The van der Waals surface area contributed by atoms with Gasteiger partial charge in [-0.05, 0) is 120 Å². The highest BCUT2D eigenvalue weighted by Crippen LogP contribution is 2.34. The SMILES string of the molecule is Cc1cc(Oc2c(C)cc(CC(=O)OC(C)CCCC(O)CCCC(C)O)cc2C)cc(C)c1O. The predicted molar refractivity (Wildman–Crippen MR) is 138 cm³/mol. The number of carbonyl (C=O) groups is 1. The van der Waals surface area contributed by atoms with Crippen molar-refractivity contribution in [1.82, 2.24) is 0 Å². The number of phenols is 1. The van der Waals surface area contributed by atoms with Crippen LogP contribution in [0.4, 0.5) is 0 Å². The van der Waals surface area contributed by atoms with Crippen LogP contribution in [0.1, 0.15) is 80.2 Å². The number of aromatic hydroxyl groups is 1. The number of ether oxygens (including phenoxy) is 2. The third kappa shape index (κ3) is 9.54. The van der Waals surface area contributed by atoms with Crippen LogP contribution in [-0.4, -0.2) is 39.6 Å². The van der Waals surface area contributed by atoms with Crippen molar-refractivity contribution in [2.75, 3.05) is 0 Å². The Bertz CT molecular complexity index is 935. The molecule has 0 heterocycles. The van der Waals surface area contributed by atoms with Crippen LogP contribution in [-0.2, 0) is 16.0 Å². The van der Waals surface area contributed by atoms with Gasteiger partial charge in [-0.25, -0.2) is 0 Å². The quantitative estimate of drug-likeness (QED) is 0.302. The summed E-state index contributed by atoms with van der Waals surface area (Å²) in [6, 6.07) is 7.50. The van der Waals surface area contributed by atoms with Crippen molar-refractivity contribution < 1.29 is 29.6 Å². The third-order valence-corrected chi connectivity index (χ3v) is 6.19. The van der Waals surface area contributed by atoms with Gasteiger partial charge in [0.05, 0.1) is 24.7 Å². The van der Waals surface area contributed by atoms with Gasteiger partial charge in [0, 0.05) is 0 Å². The summed E-state index contributed by atoms with van der Waals surface area (Å²) in [5.74, 6) is 1.41. The van der Waals surface area contributed by atoms with Gasteiger partial charge in [0.1, 0.15) is 17.2 Å². The maximum atomic E-state index is 12.5. The van der Waals surface area contributed by atoms with Gasteiger partial charge >= 0.3 is 5.97 Å². The fraction of sp³-hybridized carbons (Fsp3) is 0.552. The van der Waals surface area contributed by atoms with E-state index in [-0.39, 0.29) is 36.5 Å². The molecule has 0 aliphatic heterocycles. The van der Waals surface area contributed by atoms with E-state index in [0.29, 0.717) is 31.4 Å². The molecule has 194 valence electrons. The van der Waals surface area contributed by atoms with Gasteiger partial charge in [0.25, 0.3) is 0 Å². The molecule has 0 aliphatic rings. The maximum Gasteiger partial charge on any atom is 0.310 e. The molecule has 3 atom stereocenters. The van der Waals surface area contributed by atoms with Crippen LogP contribution in [0.25, 0.3) is 0 Å². The number of aryl methyl sites for hydroxylation is 4. The number of rotatable bonds is 13. The molecule has 2 rings (SSSR count). The number of phenolic OH excluding ortho intramolecular Hbond substituents is 1. The molecule has 0 saturated carbocycles. The smallest absolute Gasteiger partial charge is 0.310 e. The molecular weight excluding hydrogens is 444 g/mol. The van der Waals surface area contributed by atoms with E-state index in [0.717, 1.165) is 46.4 Å². The van der Waals surface area contributed by atoms with E-state index in [9.17, 15) is 20.1 Å². The molecular formula is C29H42O6. The van der Waals surface area contributed by atoms with Crippen LogP contribution in [0.5, 0.6) is 17.2 Å². The van der Waals surface area contributed by atoms with E-state index in [1.54, 1.807) is 6.92 Å². The number of aliphatic hydroxyl groups excluding tert-OH is 2. The van der Waals surface area contributed by atoms with E-state index in [2.05, 4.69) is 0 Å². The highest BCUT2D eigenvalue weighted by Gasteiger charge is 2.15. The normalized spacial score (nSPS) is 13.8. The van der Waals surface area contributed by atoms with Gasteiger partial charge in [-0.2, -0.15) is 0 Å². The summed E-state index contributed by atoms with van der Waals surface area (Å²) < 4.78 is 11.7. The van der Waals surface area contributed by atoms with Gasteiger partial charge in [-0.15, -0.1) is 0 Å². The minimum atomic E-state index is -0.377. The molecule has 0 radical (unpaired) electrons. The second kappa shape index (κ2) is 13.5. The number of benzene rings is 2. The highest BCUT2D eigenvalue weighted by molar-refractivity contribution is 5.73. The number of hydrogen-bond acceptors (Lipinski definition) is 6. The predicted octanol–water partition coefficient (Wildman–Crippen LogP) is 5.97. The van der Waals surface area contributed by atoms with E-state index < -0.39 is 0 Å². The minimum absolute atomic E-state index is 0.186. The summed E-state index contributed by atoms with van der Waals surface area (Å²) in [6.07, 6.45) is 3.62. The second-order valence-corrected chi connectivity index (χ2v) is 9.91. The van der Waals surface area contributed by atoms with Gasteiger partial charge in [-0.3, -0.25) is 4.79 Å². The summed E-state index contributed by atoms with van der Waals surface area (Å²) in [7, 11) is 0. The molecule has 6 heteroatoms. The van der Waals surface area contributed by atoms with Crippen LogP contribution in [0, 0.1) is 27.7 Å². The second-order valence-electron chi connectivity index (χ2n) is 9.91. The fourth-order valence-corrected chi connectivity index (χ4v) is 4.32. The van der Waals surface area contributed by atoms with Crippen LogP contribution in [0.15, 0.2) is 24.3 Å². The van der Waals surface area contributed by atoms with Crippen molar-refractivity contribution in [3.63, 3.8) is 0 Å². The Morgan fingerprint density at radius 2 is 1.37 bits per heavy atom. The monoisotopic (exact) mass is 486 g/mol. The number of aliphatic hydroxyl groups is 2. The average molecular weight is 487 g/mol. The first-order valence-electron chi connectivity index (χ1n) is 12.6. The highest BCUT2D eigenvalue weighted by atomic mass is 16.5. The summed E-state index contributed by atoms with van der Waals surface area (Å²) in [5, 5.41) is 29.3. The molecule has 3 unspecified atom stereocenters. The van der Waals surface area contributed by atoms with E-state index in [4.69, 9.17) is 9.47 Å². The first-order valence-corrected chi connectivity index (χ1v) is 12.6. The summed E-state index contributed by atoms with van der Waals surface area (Å²) in [4.78, 5) is 12.5. The molecule has 0 spiro atoms. The molecule has 6 nitrogen and oxygen atoms in total. The molecule has 0 aromatic heterocycles. The van der Waals surface area contributed by atoms with Crippen molar-refractivity contribution in [3.8, 4) is 17.2 Å². The molecule has 0 aliphatic carbocycles. The zero-order chi connectivity index (χ0) is 26.1. The lowest BCUT2D eigenvalue weighted by atomic mass is 10.0. The van der Waals surface area contributed by atoms with Gasteiger partial charge in [-0.1, -0.05) is 12.1 Å². The Morgan fingerprint density at radius 1 is 0.829 bits per heavy atom. The number of esters is 1. The topological polar surface area (TPSA) is 96.2 Å². The van der Waals surface area contributed by atoms with Gasteiger partial charge in [0.2, 0.25) is 0 Å². The van der Waals surface area contributed by atoms with Crippen molar-refractivity contribution in [2.45, 2.75) is 105 Å². The molecule has 2 aromatic rings. The Balaban J connectivity index is 1.85. The lowest BCUT2D eigenvalue weighted by molar-refractivity contribution is -0.147. The third-order valence-electron chi connectivity index (χ3n) is 6.19. The Morgan fingerprint density at radius 3 is 1.91 bits per heavy atom. The first kappa shape index (κ1) is 28.7. The average Bonchev–Trinajstić information content (AvgIpc) is 2.74. The molecule has 0 amide bonds.